The molecule has 0 saturated heterocycles. The lowest BCUT2D eigenvalue weighted by Crippen LogP contribution is -2.19. The van der Waals surface area contributed by atoms with E-state index in [1.165, 1.54) is 0 Å². The van der Waals surface area contributed by atoms with Crippen molar-refractivity contribution in [2.75, 3.05) is 0 Å². The van der Waals surface area contributed by atoms with Gasteiger partial charge in [-0.1, -0.05) is 39.0 Å². The second-order valence-corrected chi connectivity index (χ2v) is 6.18. The van der Waals surface area contributed by atoms with Gasteiger partial charge in [-0.2, -0.15) is 0 Å². The lowest BCUT2D eigenvalue weighted by Gasteiger charge is -2.23. The Balaban J connectivity index is 2.38. The quantitative estimate of drug-likeness (QED) is 0.694. The lowest BCUT2D eigenvalue weighted by molar-refractivity contribution is -0.0291. The van der Waals surface area contributed by atoms with Crippen molar-refractivity contribution < 1.29 is 8.78 Å². The molecule has 1 saturated carbocycles. The van der Waals surface area contributed by atoms with Crippen LogP contribution in [0.5, 0.6) is 0 Å². The maximum Gasteiger partial charge on any atom is 0.276 e. The Morgan fingerprint density at radius 3 is 2.12 bits per heavy atom. The van der Waals surface area contributed by atoms with Crippen molar-refractivity contribution in [1.29, 1.82) is 0 Å². The first-order valence-electron chi connectivity index (χ1n) is 6.22. The van der Waals surface area contributed by atoms with Gasteiger partial charge >= 0.3 is 0 Å². The fourth-order valence-corrected chi connectivity index (χ4v) is 2.17. The van der Waals surface area contributed by atoms with Crippen LogP contribution in [0.25, 0.3) is 0 Å². The molecule has 1 aromatic carbocycles. The highest BCUT2D eigenvalue weighted by atomic mass is 19.3. The maximum absolute atomic E-state index is 14.0. The van der Waals surface area contributed by atoms with Crippen molar-refractivity contribution in [2.24, 2.45) is 5.92 Å². The molecule has 0 spiro atoms. The van der Waals surface area contributed by atoms with Crippen molar-refractivity contribution in [2.45, 2.75) is 51.9 Å². The van der Waals surface area contributed by atoms with Crippen LogP contribution in [0, 0.1) is 12.8 Å². The maximum atomic E-state index is 14.0. The molecule has 0 aliphatic heterocycles. The van der Waals surface area contributed by atoms with E-state index in [-0.39, 0.29) is 11.0 Å². The van der Waals surface area contributed by atoms with Gasteiger partial charge in [0.15, 0.2) is 0 Å². The number of benzene rings is 1. The zero-order chi connectivity index (χ0) is 12.8. The van der Waals surface area contributed by atoms with Gasteiger partial charge in [0.05, 0.1) is 0 Å². The number of halogens is 2. The molecule has 0 atom stereocenters. The second-order valence-electron chi connectivity index (χ2n) is 6.18. The molecule has 0 aromatic heterocycles. The van der Waals surface area contributed by atoms with Gasteiger partial charge in [-0.25, -0.2) is 8.78 Å². The van der Waals surface area contributed by atoms with Crippen molar-refractivity contribution in [3.63, 3.8) is 0 Å². The summed E-state index contributed by atoms with van der Waals surface area (Å²) in [7, 11) is 0. The number of alkyl halides is 2. The van der Waals surface area contributed by atoms with Gasteiger partial charge in [-0.05, 0) is 36.3 Å². The Morgan fingerprint density at radius 1 is 1.12 bits per heavy atom. The molecular formula is C15H20F2. The first kappa shape index (κ1) is 12.5. The minimum Gasteiger partial charge on any atom is -0.201 e. The molecule has 17 heavy (non-hydrogen) atoms. The highest BCUT2D eigenvalue weighted by Crippen LogP contribution is 2.50. The van der Waals surface area contributed by atoms with Crippen molar-refractivity contribution >= 4 is 0 Å². The third-order valence-corrected chi connectivity index (χ3v) is 3.54. The van der Waals surface area contributed by atoms with E-state index in [1.807, 2.05) is 12.1 Å². The molecule has 1 aliphatic rings. The van der Waals surface area contributed by atoms with Crippen molar-refractivity contribution in [3.05, 3.63) is 34.9 Å². The Hall–Kier alpha value is -0.920. The van der Waals surface area contributed by atoms with Gasteiger partial charge in [-0.15, -0.1) is 0 Å². The second kappa shape index (κ2) is 3.79. The van der Waals surface area contributed by atoms with Crippen LogP contribution in [0.1, 0.15) is 50.3 Å². The highest BCUT2D eigenvalue weighted by Gasteiger charge is 2.48. The van der Waals surface area contributed by atoms with Crippen LogP contribution in [0.2, 0.25) is 0 Å². The molecule has 0 amide bonds. The third kappa shape index (κ3) is 2.36. The van der Waals surface area contributed by atoms with Crippen LogP contribution in [0.15, 0.2) is 18.2 Å². The normalized spacial score (nSPS) is 17.3. The monoisotopic (exact) mass is 238 g/mol. The summed E-state index contributed by atoms with van der Waals surface area (Å²) in [4.78, 5) is 0. The smallest absolute Gasteiger partial charge is 0.201 e. The molecule has 1 fully saturated rings. The predicted octanol–water partition coefficient (Wildman–Crippen LogP) is 4.79. The van der Waals surface area contributed by atoms with Gasteiger partial charge in [0.25, 0.3) is 5.92 Å². The van der Waals surface area contributed by atoms with E-state index < -0.39 is 11.8 Å². The molecule has 0 heterocycles. The van der Waals surface area contributed by atoms with Gasteiger partial charge in [0, 0.05) is 11.5 Å². The molecule has 2 heteroatoms. The summed E-state index contributed by atoms with van der Waals surface area (Å²) >= 11 is 0. The summed E-state index contributed by atoms with van der Waals surface area (Å²) in [5.41, 5.74) is 2.06. The van der Waals surface area contributed by atoms with Crippen LogP contribution in [0.3, 0.4) is 0 Å². The predicted molar refractivity (Wildman–Crippen MR) is 66.5 cm³/mol. The number of rotatable bonds is 2. The Labute approximate surface area is 102 Å². The fraction of sp³-hybridized carbons (Fsp3) is 0.600. The molecule has 2 rings (SSSR count). The van der Waals surface area contributed by atoms with E-state index in [1.54, 1.807) is 13.0 Å². The van der Waals surface area contributed by atoms with Gasteiger partial charge in [-0.3, -0.25) is 0 Å². The van der Waals surface area contributed by atoms with Crippen molar-refractivity contribution in [3.8, 4) is 0 Å². The Kier molecular flexibility index (Phi) is 2.80. The van der Waals surface area contributed by atoms with E-state index in [2.05, 4.69) is 20.8 Å². The average molecular weight is 238 g/mol. The van der Waals surface area contributed by atoms with Gasteiger partial charge in [0.2, 0.25) is 0 Å². The van der Waals surface area contributed by atoms with Crippen LogP contribution in [-0.4, -0.2) is 0 Å². The third-order valence-electron chi connectivity index (χ3n) is 3.54. The standard InChI is InChI=1S/C15H20F2/c1-10-9-12(14(2,3)4)7-8-13(10)15(16,17)11-5-6-11/h7-9,11H,5-6H2,1-4H3. The number of hydrogen-bond donors (Lipinski definition) is 0. The van der Waals surface area contributed by atoms with Gasteiger partial charge in [0.1, 0.15) is 0 Å². The minimum absolute atomic E-state index is 0.0121. The zero-order valence-electron chi connectivity index (χ0n) is 11.0. The summed E-state index contributed by atoms with van der Waals surface area (Å²) in [5.74, 6) is -3.07. The van der Waals surface area contributed by atoms with Gasteiger partial charge < -0.3 is 0 Å². The molecule has 0 radical (unpaired) electrons. The lowest BCUT2D eigenvalue weighted by atomic mass is 9.84. The fourth-order valence-electron chi connectivity index (χ4n) is 2.17. The van der Waals surface area contributed by atoms with E-state index >= 15 is 0 Å². The first-order valence-corrected chi connectivity index (χ1v) is 6.22. The number of hydrogen-bond acceptors (Lipinski definition) is 0. The van der Waals surface area contributed by atoms with E-state index in [0.717, 1.165) is 5.56 Å². The molecule has 1 aromatic rings. The largest absolute Gasteiger partial charge is 0.276 e. The van der Waals surface area contributed by atoms with Crippen LogP contribution in [-0.2, 0) is 11.3 Å². The topological polar surface area (TPSA) is 0 Å². The van der Waals surface area contributed by atoms with Crippen LogP contribution < -0.4 is 0 Å². The summed E-state index contributed by atoms with van der Waals surface area (Å²) < 4.78 is 28.1. The number of aryl methyl sites for hydroxylation is 1. The summed E-state index contributed by atoms with van der Waals surface area (Å²) in [6.07, 6.45) is 1.32. The van der Waals surface area contributed by atoms with E-state index in [9.17, 15) is 8.78 Å². The molecular weight excluding hydrogens is 218 g/mol. The molecule has 0 bridgehead atoms. The van der Waals surface area contributed by atoms with Crippen LogP contribution >= 0.6 is 0 Å². The minimum atomic E-state index is -2.64. The zero-order valence-corrected chi connectivity index (χ0v) is 11.0. The van der Waals surface area contributed by atoms with Crippen molar-refractivity contribution in [1.82, 2.24) is 0 Å². The summed E-state index contributed by atoms with van der Waals surface area (Å²) in [6, 6.07) is 5.37. The summed E-state index contributed by atoms with van der Waals surface area (Å²) in [6.45, 7) is 8.09. The molecule has 0 N–H and O–H groups in total. The molecule has 0 nitrogen and oxygen atoms in total. The average Bonchev–Trinajstić information content (AvgIpc) is 2.98. The first-order chi connectivity index (χ1) is 7.73. The molecule has 1 aliphatic carbocycles. The summed E-state index contributed by atoms with van der Waals surface area (Å²) in [5, 5.41) is 0. The highest BCUT2D eigenvalue weighted by molar-refractivity contribution is 5.37. The SMILES string of the molecule is Cc1cc(C(C)(C)C)ccc1C(F)(F)C1CC1. The van der Waals surface area contributed by atoms with E-state index in [0.29, 0.717) is 18.4 Å². The Morgan fingerprint density at radius 2 is 1.71 bits per heavy atom. The Bertz CT molecular complexity index is 423. The molecule has 94 valence electrons. The van der Waals surface area contributed by atoms with E-state index in [4.69, 9.17) is 0 Å². The van der Waals surface area contributed by atoms with Crippen LogP contribution in [0.4, 0.5) is 8.78 Å². The molecule has 0 unspecified atom stereocenters.